The van der Waals surface area contributed by atoms with Crippen molar-refractivity contribution in [3.8, 4) is 5.75 Å². The molecule has 0 atom stereocenters. The molecule has 0 radical (unpaired) electrons. The van der Waals surface area contributed by atoms with Gasteiger partial charge in [0.25, 0.3) is 5.91 Å². The Morgan fingerprint density at radius 2 is 1.80 bits per heavy atom. The topological polar surface area (TPSA) is 58.6 Å². The van der Waals surface area contributed by atoms with Crippen LogP contribution in [0, 0.1) is 0 Å². The van der Waals surface area contributed by atoms with E-state index in [1.165, 1.54) is 0 Å². The van der Waals surface area contributed by atoms with Crippen molar-refractivity contribution in [3.63, 3.8) is 0 Å². The Morgan fingerprint density at radius 3 is 2.48 bits per heavy atom. The fourth-order valence-electron chi connectivity index (χ4n) is 2.51. The first-order chi connectivity index (χ1) is 12.1. The van der Waals surface area contributed by atoms with E-state index in [0.29, 0.717) is 25.2 Å². The summed E-state index contributed by atoms with van der Waals surface area (Å²) in [7, 11) is 1.64. The fraction of sp³-hybridized carbons (Fsp3) is 0.300. The van der Waals surface area contributed by atoms with Gasteiger partial charge >= 0.3 is 0 Å². The standard InChI is InChI=1S/C20H24N2O3/c1-16(23)22(13-11-17-7-6-10-19(15-17)25-2)14-12-21-20(24)18-8-4-3-5-9-18/h3-10,15H,11-14H2,1-2H3,(H,21,24). The number of carbonyl (C=O) groups excluding carboxylic acids is 2. The zero-order chi connectivity index (χ0) is 18.1. The number of benzene rings is 2. The third-order valence-corrected chi connectivity index (χ3v) is 3.95. The quantitative estimate of drug-likeness (QED) is 0.803. The highest BCUT2D eigenvalue weighted by Crippen LogP contribution is 2.13. The van der Waals surface area contributed by atoms with E-state index in [2.05, 4.69) is 5.32 Å². The lowest BCUT2D eigenvalue weighted by atomic mass is 10.1. The number of nitrogens with one attached hydrogen (secondary N) is 1. The molecule has 0 aromatic heterocycles. The normalized spacial score (nSPS) is 10.2. The molecule has 0 aliphatic rings. The SMILES string of the molecule is COc1cccc(CCN(CCNC(=O)c2ccccc2)C(C)=O)c1. The zero-order valence-corrected chi connectivity index (χ0v) is 14.7. The van der Waals surface area contributed by atoms with Crippen molar-refractivity contribution in [2.75, 3.05) is 26.7 Å². The van der Waals surface area contributed by atoms with Crippen LogP contribution >= 0.6 is 0 Å². The highest BCUT2D eigenvalue weighted by atomic mass is 16.5. The van der Waals surface area contributed by atoms with E-state index in [4.69, 9.17) is 4.74 Å². The molecule has 0 unspecified atom stereocenters. The monoisotopic (exact) mass is 340 g/mol. The van der Waals surface area contributed by atoms with Crippen molar-refractivity contribution in [3.05, 3.63) is 65.7 Å². The van der Waals surface area contributed by atoms with E-state index in [1.807, 2.05) is 42.5 Å². The second kappa shape index (κ2) is 9.47. The van der Waals surface area contributed by atoms with Gasteiger partial charge in [-0.2, -0.15) is 0 Å². The molecule has 0 aliphatic carbocycles. The maximum Gasteiger partial charge on any atom is 0.251 e. The van der Waals surface area contributed by atoms with Gasteiger partial charge in [-0.15, -0.1) is 0 Å². The maximum atomic E-state index is 12.0. The summed E-state index contributed by atoms with van der Waals surface area (Å²) in [5.41, 5.74) is 1.73. The van der Waals surface area contributed by atoms with Gasteiger partial charge in [0, 0.05) is 32.1 Å². The van der Waals surface area contributed by atoms with Gasteiger partial charge < -0.3 is 15.0 Å². The number of ether oxygens (including phenoxy) is 1. The summed E-state index contributed by atoms with van der Waals surface area (Å²) in [6, 6.07) is 16.9. The van der Waals surface area contributed by atoms with Gasteiger partial charge in [0.1, 0.15) is 5.75 Å². The average molecular weight is 340 g/mol. The van der Waals surface area contributed by atoms with Crippen LogP contribution in [0.5, 0.6) is 5.75 Å². The van der Waals surface area contributed by atoms with Crippen LogP contribution in [0.1, 0.15) is 22.8 Å². The number of hydrogen-bond donors (Lipinski definition) is 1. The lowest BCUT2D eigenvalue weighted by Gasteiger charge is -2.21. The second-order valence-electron chi connectivity index (χ2n) is 5.73. The average Bonchev–Trinajstić information content (AvgIpc) is 2.64. The van der Waals surface area contributed by atoms with E-state index >= 15 is 0 Å². The van der Waals surface area contributed by atoms with Crippen LogP contribution in [0.25, 0.3) is 0 Å². The summed E-state index contributed by atoms with van der Waals surface area (Å²) < 4.78 is 5.21. The Kier molecular flexibility index (Phi) is 7.01. The van der Waals surface area contributed by atoms with E-state index in [0.717, 1.165) is 17.7 Å². The minimum absolute atomic E-state index is 0.00291. The van der Waals surface area contributed by atoms with Crippen molar-refractivity contribution < 1.29 is 14.3 Å². The molecule has 5 nitrogen and oxygen atoms in total. The van der Waals surface area contributed by atoms with Gasteiger partial charge in [0.05, 0.1) is 7.11 Å². The van der Waals surface area contributed by atoms with Crippen molar-refractivity contribution in [2.45, 2.75) is 13.3 Å². The molecule has 0 spiro atoms. The van der Waals surface area contributed by atoms with Crippen LogP contribution < -0.4 is 10.1 Å². The number of nitrogens with zero attached hydrogens (tertiary/aromatic N) is 1. The number of hydrogen-bond acceptors (Lipinski definition) is 3. The summed E-state index contributed by atoms with van der Waals surface area (Å²) >= 11 is 0. The summed E-state index contributed by atoms with van der Waals surface area (Å²) in [4.78, 5) is 25.6. The number of amides is 2. The molecule has 0 bridgehead atoms. The maximum absolute atomic E-state index is 12.0. The Labute approximate surface area is 148 Å². The first-order valence-corrected chi connectivity index (χ1v) is 8.32. The molecule has 0 saturated carbocycles. The summed E-state index contributed by atoms with van der Waals surface area (Å²) in [5.74, 6) is 0.677. The largest absolute Gasteiger partial charge is 0.497 e. The van der Waals surface area contributed by atoms with Crippen LogP contribution in [-0.2, 0) is 11.2 Å². The van der Waals surface area contributed by atoms with E-state index in [9.17, 15) is 9.59 Å². The molecule has 2 aromatic carbocycles. The number of methoxy groups -OCH3 is 1. The number of rotatable bonds is 8. The highest BCUT2D eigenvalue weighted by molar-refractivity contribution is 5.94. The van der Waals surface area contributed by atoms with Crippen molar-refractivity contribution >= 4 is 11.8 Å². The van der Waals surface area contributed by atoms with Crippen LogP contribution in [0.15, 0.2) is 54.6 Å². The molecule has 0 heterocycles. The van der Waals surface area contributed by atoms with Crippen molar-refractivity contribution in [1.82, 2.24) is 10.2 Å². The molecule has 2 amide bonds. The minimum atomic E-state index is -0.128. The lowest BCUT2D eigenvalue weighted by molar-refractivity contribution is -0.128. The predicted octanol–water partition coefficient (Wildman–Crippen LogP) is 2.52. The van der Waals surface area contributed by atoms with Crippen molar-refractivity contribution in [2.24, 2.45) is 0 Å². The molecule has 0 fully saturated rings. The molecule has 132 valence electrons. The van der Waals surface area contributed by atoms with Gasteiger partial charge in [-0.05, 0) is 36.2 Å². The van der Waals surface area contributed by atoms with Crippen LogP contribution in [0.3, 0.4) is 0 Å². The Morgan fingerprint density at radius 1 is 1.04 bits per heavy atom. The van der Waals surface area contributed by atoms with Gasteiger partial charge in [-0.1, -0.05) is 30.3 Å². The first kappa shape index (κ1) is 18.5. The van der Waals surface area contributed by atoms with E-state index in [-0.39, 0.29) is 11.8 Å². The highest BCUT2D eigenvalue weighted by Gasteiger charge is 2.10. The molecule has 2 aromatic rings. The predicted molar refractivity (Wildman–Crippen MR) is 97.7 cm³/mol. The van der Waals surface area contributed by atoms with E-state index in [1.54, 1.807) is 31.1 Å². The molecule has 5 heteroatoms. The summed E-state index contributed by atoms with van der Waals surface area (Å²) in [6.45, 7) is 3.05. The Bertz CT molecular complexity index is 701. The van der Waals surface area contributed by atoms with Crippen LogP contribution in [0.2, 0.25) is 0 Å². The Balaban J connectivity index is 1.82. The molecule has 25 heavy (non-hydrogen) atoms. The van der Waals surface area contributed by atoms with Crippen LogP contribution in [0.4, 0.5) is 0 Å². The fourth-order valence-corrected chi connectivity index (χ4v) is 2.51. The third-order valence-electron chi connectivity index (χ3n) is 3.95. The lowest BCUT2D eigenvalue weighted by Crippen LogP contribution is -2.38. The Hall–Kier alpha value is -2.82. The van der Waals surface area contributed by atoms with Gasteiger partial charge in [-0.25, -0.2) is 0 Å². The smallest absolute Gasteiger partial charge is 0.251 e. The summed E-state index contributed by atoms with van der Waals surface area (Å²) in [5, 5.41) is 2.85. The molecule has 0 aliphatic heterocycles. The second-order valence-corrected chi connectivity index (χ2v) is 5.73. The van der Waals surface area contributed by atoms with E-state index < -0.39 is 0 Å². The summed E-state index contributed by atoms with van der Waals surface area (Å²) in [6.07, 6.45) is 0.739. The third kappa shape index (κ3) is 5.95. The van der Waals surface area contributed by atoms with Crippen molar-refractivity contribution in [1.29, 1.82) is 0 Å². The van der Waals surface area contributed by atoms with Gasteiger partial charge in [-0.3, -0.25) is 9.59 Å². The molecular weight excluding hydrogens is 316 g/mol. The molecular formula is C20H24N2O3. The first-order valence-electron chi connectivity index (χ1n) is 8.32. The van der Waals surface area contributed by atoms with Gasteiger partial charge in [0.2, 0.25) is 5.91 Å². The van der Waals surface area contributed by atoms with Gasteiger partial charge in [0.15, 0.2) is 0 Å². The molecule has 1 N–H and O–H groups in total. The molecule has 0 saturated heterocycles. The minimum Gasteiger partial charge on any atom is -0.497 e. The van der Waals surface area contributed by atoms with Crippen LogP contribution in [-0.4, -0.2) is 43.5 Å². The molecule has 2 rings (SSSR count). The number of carbonyl (C=O) groups is 2. The zero-order valence-electron chi connectivity index (χ0n) is 14.7.